The van der Waals surface area contributed by atoms with Gasteiger partial charge in [0.15, 0.2) is 0 Å². The summed E-state index contributed by atoms with van der Waals surface area (Å²) in [6.45, 7) is 9.40. The fourth-order valence-electron chi connectivity index (χ4n) is 5.38. The summed E-state index contributed by atoms with van der Waals surface area (Å²) in [5, 5.41) is 4.47. The van der Waals surface area contributed by atoms with Crippen LogP contribution in [0.3, 0.4) is 0 Å². The van der Waals surface area contributed by atoms with Crippen LogP contribution in [0.5, 0.6) is 23.0 Å². The predicted molar refractivity (Wildman–Crippen MR) is 186 cm³/mol. The second-order valence-corrected chi connectivity index (χ2v) is 13.8. The molecule has 0 aromatic heterocycles. The van der Waals surface area contributed by atoms with Crippen LogP contribution in [0, 0.1) is 0 Å². The monoisotopic (exact) mass is 672 g/mol. The van der Waals surface area contributed by atoms with Gasteiger partial charge in [-0.3, -0.25) is 0 Å². The van der Waals surface area contributed by atoms with Crippen molar-refractivity contribution in [2.24, 2.45) is 0 Å². The fraction of sp³-hybridized carbons (Fsp3) is 0.459. The third-order valence-electron chi connectivity index (χ3n) is 8.01. The summed E-state index contributed by atoms with van der Waals surface area (Å²) in [7, 11) is 1.01. The van der Waals surface area contributed by atoms with E-state index in [0.717, 1.165) is 107 Å². The van der Waals surface area contributed by atoms with Crippen molar-refractivity contribution in [3.05, 3.63) is 71.8 Å². The molecule has 47 heavy (non-hydrogen) atoms. The lowest BCUT2D eigenvalue weighted by Gasteiger charge is -2.19. The van der Waals surface area contributed by atoms with Gasteiger partial charge < -0.3 is 37.3 Å². The van der Waals surface area contributed by atoms with Crippen LogP contribution in [-0.4, -0.2) is 84.6 Å². The van der Waals surface area contributed by atoms with Gasteiger partial charge >= 0.3 is 0 Å². The summed E-state index contributed by atoms with van der Waals surface area (Å²) in [5.74, 6) is 3.40. The Hall–Kier alpha value is -3.13. The molecular weight excluding hydrogens is 629 g/mol. The van der Waals surface area contributed by atoms with Gasteiger partial charge in [-0.1, -0.05) is 24.3 Å². The standard InChI is InChI=1S/C37H44O8Si2/c1-3-44-46-17-5-15-38-28-11-7-26-10-14-37(43-25-31-24-42-31)35(32(26)19-28)21-34-33-20-29(40-22-30-23-41-30)12-8-27(33)9-13-36(34)39-16-6-18-47-45-4-2/h7-14,19-20,30-31H,3-6,15-18,21-25H2,1-2H3. The van der Waals surface area contributed by atoms with Gasteiger partial charge in [-0.05, 0) is 96.7 Å². The quantitative estimate of drug-likeness (QED) is 0.0511. The summed E-state index contributed by atoms with van der Waals surface area (Å²) in [6, 6.07) is 23.1. The van der Waals surface area contributed by atoms with Crippen molar-refractivity contribution in [3.8, 4) is 23.0 Å². The average Bonchev–Trinajstić information content (AvgIpc) is 4.03. The summed E-state index contributed by atoms with van der Waals surface area (Å²) >= 11 is 0. The Kier molecular flexibility index (Phi) is 12.4. The van der Waals surface area contributed by atoms with Crippen molar-refractivity contribution in [1.82, 2.24) is 0 Å². The largest absolute Gasteiger partial charge is 0.494 e. The van der Waals surface area contributed by atoms with Crippen LogP contribution in [0.15, 0.2) is 60.7 Å². The zero-order valence-electron chi connectivity index (χ0n) is 27.4. The van der Waals surface area contributed by atoms with E-state index < -0.39 is 0 Å². The summed E-state index contributed by atoms with van der Waals surface area (Å²) in [6.07, 6.45) is 2.82. The van der Waals surface area contributed by atoms with Crippen molar-refractivity contribution in [2.75, 3.05) is 52.9 Å². The first-order valence-electron chi connectivity index (χ1n) is 16.8. The van der Waals surface area contributed by atoms with Crippen LogP contribution < -0.4 is 18.9 Å². The molecular formula is C37H44O8Si2. The number of fused-ring (bicyclic) bond motifs is 2. The lowest BCUT2D eigenvalue weighted by Crippen LogP contribution is -2.08. The smallest absolute Gasteiger partial charge is 0.229 e. The highest BCUT2D eigenvalue weighted by Crippen LogP contribution is 2.39. The Labute approximate surface area is 282 Å². The first-order chi connectivity index (χ1) is 23.2. The molecule has 0 spiro atoms. The average molecular weight is 673 g/mol. The van der Waals surface area contributed by atoms with Crippen LogP contribution in [0.4, 0.5) is 0 Å². The number of hydrogen-bond donors (Lipinski definition) is 0. The molecule has 0 N–H and O–H groups in total. The van der Waals surface area contributed by atoms with Crippen molar-refractivity contribution in [3.63, 3.8) is 0 Å². The van der Waals surface area contributed by atoms with Crippen molar-refractivity contribution >= 4 is 41.1 Å². The third kappa shape index (κ3) is 9.94. The van der Waals surface area contributed by atoms with Gasteiger partial charge in [-0.15, -0.1) is 0 Å². The van der Waals surface area contributed by atoms with Gasteiger partial charge in [-0.25, -0.2) is 0 Å². The number of benzene rings is 4. The van der Waals surface area contributed by atoms with E-state index in [1.165, 1.54) is 0 Å². The second-order valence-electron chi connectivity index (χ2n) is 11.6. The molecule has 2 fully saturated rings. The molecule has 6 rings (SSSR count). The van der Waals surface area contributed by atoms with Gasteiger partial charge in [0.2, 0.25) is 19.5 Å². The lowest BCUT2D eigenvalue weighted by molar-refractivity contribution is 0.261. The van der Waals surface area contributed by atoms with Crippen LogP contribution in [0.25, 0.3) is 21.5 Å². The van der Waals surface area contributed by atoms with E-state index >= 15 is 0 Å². The highest BCUT2D eigenvalue weighted by atomic mass is 28.2. The van der Waals surface area contributed by atoms with E-state index in [-0.39, 0.29) is 12.2 Å². The molecule has 2 aliphatic rings. The molecule has 0 bridgehead atoms. The predicted octanol–water partition coefficient (Wildman–Crippen LogP) is 6.82. The second kappa shape index (κ2) is 17.3. The molecule has 0 saturated carbocycles. The SMILES string of the molecule is CCO[Si]CCCOc1ccc2ccc(OCC3CO3)c(Cc3c(OCCC[Si]OCC)ccc4ccc(OCC5CO5)cc34)c2c1. The molecule has 2 unspecified atom stereocenters. The Morgan fingerprint density at radius 3 is 1.66 bits per heavy atom. The van der Waals surface area contributed by atoms with E-state index in [4.69, 9.17) is 37.3 Å². The molecule has 0 amide bonds. The molecule has 248 valence electrons. The number of rotatable bonds is 22. The Morgan fingerprint density at radius 1 is 0.617 bits per heavy atom. The molecule has 2 saturated heterocycles. The Morgan fingerprint density at radius 2 is 1.11 bits per heavy atom. The maximum Gasteiger partial charge on any atom is 0.229 e. The summed E-state index contributed by atoms with van der Waals surface area (Å²) in [5.41, 5.74) is 2.20. The summed E-state index contributed by atoms with van der Waals surface area (Å²) < 4.78 is 47.3. The van der Waals surface area contributed by atoms with Crippen molar-refractivity contribution < 1.29 is 37.3 Å². The highest BCUT2D eigenvalue weighted by Gasteiger charge is 2.25. The van der Waals surface area contributed by atoms with Crippen LogP contribution in [0.1, 0.15) is 37.8 Å². The zero-order chi connectivity index (χ0) is 32.3. The zero-order valence-corrected chi connectivity index (χ0v) is 29.4. The van der Waals surface area contributed by atoms with E-state index in [1.54, 1.807) is 0 Å². The normalized spacial score (nSPS) is 16.8. The minimum absolute atomic E-state index is 0.148. The van der Waals surface area contributed by atoms with Gasteiger partial charge in [0.1, 0.15) is 48.4 Å². The van der Waals surface area contributed by atoms with E-state index in [0.29, 0.717) is 52.4 Å². The topological polar surface area (TPSA) is 80.4 Å². The third-order valence-corrected chi connectivity index (χ3v) is 10.1. The number of hydrogen-bond acceptors (Lipinski definition) is 8. The molecule has 2 heterocycles. The molecule has 2 atom stereocenters. The van der Waals surface area contributed by atoms with Crippen molar-refractivity contribution in [1.29, 1.82) is 0 Å². The first-order valence-corrected chi connectivity index (χ1v) is 19.0. The van der Waals surface area contributed by atoms with Gasteiger partial charge in [0, 0.05) is 30.8 Å². The van der Waals surface area contributed by atoms with E-state index in [1.807, 2.05) is 19.9 Å². The van der Waals surface area contributed by atoms with Crippen LogP contribution in [-0.2, 0) is 24.7 Å². The molecule has 8 nitrogen and oxygen atoms in total. The maximum atomic E-state index is 6.52. The van der Waals surface area contributed by atoms with Gasteiger partial charge in [0.25, 0.3) is 0 Å². The molecule has 4 aromatic carbocycles. The van der Waals surface area contributed by atoms with Crippen molar-refractivity contribution in [2.45, 2.75) is 57.4 Å². The van der Waals surface area contributed by atoms with Gasteiger partial charge in [-0.2, -0.15) is 0 Å². The maximum absolute atomic E-state index is 6.52. The number of ether oxygens (including phenoxy) is 6. The molecule has 4 radical (unpaired) electrons. The van der Waals surface area contributed by atoms with Gasteiger partial charge in [0.05, 0.1) is 26.4 Å². The van der Waals surface area contributed by atoms with Crippen LogP contribution >= 0.6 is 0 Å². The molecule has 2 aliphatic heterocycles. The molecule has 10 heteroatoms. The Balaban J connectivity index is 1.33. The van der Waals surface area contributed by atoms with E-state index in [9.17, 15) is 0 Å². The van der Waals surface area contributed by atoms with E-state index in [2.05, 4.69) is 54.6 Å². The molecule has 4 aromatic rings. The lowest BCUT2D eigenvalue weighted by atomic mass is 9.93. The first kappa shape index (κ1) is 33.8. The molecule has 0 aliphatic carbocycles. The Bertz CT molecular complexity index is 1590. The minimum atomic E-state index is 0.148. The minimum Gasteiger partial charge on any atom is -0.494 e. The highest BCUT2D eigenvalue weighted by molar-refractivity contribution is 6.27. The fourth-order valence-corrected chi connectivity index (χ4v) is 6.66. The summed E-state index contributed by atoms with van der Waals surface area (Å²) in [4.78, 5) is 0. The number of epoxide rings is 2. The van der Waals surface area contributed by atoms with Crippen LogP contribution in [0.2, 0.25) is 12.1 Å².